The predicted octanol–water partition coefficient (Wildman–Crippen LogP) is 8.14. The van der Waals surface area contributed by atoms with Crippen molar-refractivity contribution in [3.05, 3.63) is 95.1 Å². The van der Waals surface area contributed by atoms with Crippen molar-refractivity contribution in [2.24, 2.45) is 0 Å². The fraction of sp³-hybridized carbons (Fsp3) is 0.424. The van der Waals surface area contributed by atoms with Crippen molar-refractivity contribution in [1.82, 2.24) is 0 Å². The minimum absolute atomic E-state index is 0.157. The van der Waals surface area contributed by atoms with Gasteiger partial charge >= 0.3 is 5.97 Å². The minimum atomic E-state index is -0.698. The lowest BCUT2D eigenvalue weighted by Crippen LogP contribution is -2.20. The van der Waals surface area contributed by atoms with Crippen molar-refractivity contribution < 1.29 is 19.4 Å². The van der Waals surface area contributed by atoms with Crippen molar-refractivity contribution in [3.8, 4) is 11.5 Å². The van der Waals surface area contributed by atoms with Gasteiger partial charge in [-0.3, -0.25) is 4.79 Å². The fourth-order valence-electron chi connectivity index (χ4n) is 5.68. The summed E-state index contributed by atoms with van der Waals surface area (Å²) in [5.74, 6) is 1.87. The van der Waals surface area contributed by atoms with Crippen molar-refractivity contribution >= 4 is 5.97 Å². The molecule has 0 fully saturated rings. The van der Waals surface area contributed by atoms with Crippen LogP contribution in [-0.2, 0) is 11.2 Å². The van der Waals surface area contributed by atoms with Crippen LogP contribution in [0.25, 0.3) is 0 Å². The third-order valence-electron chi connectivity index (χ3n) is 7.62. The number of ether oxygens (including phenoxy) is 2. The van der Waals surface area contributed by atoms with Crippen molar-refractivity contribution in [2.75, 3.05) is 7.11 Å². The number of carboxylic acids is 1. The van der Waals surface area contributed by atoms with Crippen LogP contribution in [-0.4, -0.2) is 24.3 Å². The van der Waals surface area contributed by atoms with Gasteiger partial charge in [-0.05, 0) is 91.5 Å². The van der Waals surface area contributed by atoms with Crippen molar-refractivity contribution in [1.29, 1.82) is 0 Å². The highest BCUT2D eigenvalue weighted by Crippen LogP contribution is 2.47. The zero-order chi connectivity index (χ0) is 26.0. The van der Waals surface area contributed by atoms with Crippen LogP contribution < -0.4 is 9.47 Å². The Morgan fingerprint density at radius 2 is 1.59 bits per heavy atom. The van der Waals surface area contributed by atoms with E-state index >= 15 is 0 Å². The first-order valence-electron chi connectivity index (χ1n) is 13.8. The normalized spacial score (nSPS) is 17.6. The number of methoxy groups -OCH3 is 1. The first kappa shape index (κ1) is 26.8. The van der Waals surface area contributed by atoms with Gasteiger partial charge < -0.3 is 14.6 Å². The molecule has 0 aromatic heterocycles. The molecule has 0 saturated carbocycles. The molecule has 3 aromatic carbocycles. The van der Waals surface area contributed by atoms with Gasteiger partial charge in [-0.1, -0.05) is 67.8 Å². The van der Waals surface area contributed by atoms with Crippen LogP contribution in [0.15, 0.2) is 72.8 Å². The molecule has 1 N–H and O–H groups in total. The zero-order valence-corrected chi connectivity index (χ0v) is 22.2. The number of aliphatic carboxylic acids is 1. The number of carbonyl (C=O) groups is 1. The molecule has 4 heteroatoms. The van der Waals surface area contributed by atoms with Gasteiger partial charge in [-0.25, -0.2) is 0 Å². The van der Waals surface area contributed by atoms with Crippen LogP contribution in [0.4, 0.5) is 0 Å². The summed E-state index contributed by atoms with van der Waals surface area (Å²) in [5.41, 5.74) is 5.49. The summed E-state index contributed by atoms with van der Waals surface area (Å²) in [6.07, 6.45) is 8.70. The van der Waals surface area contributed by atoms with E-state index in [-0.39, 0.29) is 12.5 Å². The summed E-state index contributed by atoms with van der Waals surface area (Å²) in [5, 5.41) is 8.73. The van der Waals surface area contributed by atoms with Gasteiger partial charge in [0.25, 0.3) is 0 Å². The van der Waals surface area contributed by atoms with E-state index in [1.54, 1.807) is 7.11 Å². The Bertz CT molecular complexity index is 1120. The highest BCUT2D eigenvalue weighted by molar-refractivity contribution is 5.66. The minimum Gasteiger partial charge on any atom is -0.497 e. The van der Waals surface area contributed by atoms with Crippen LogP contribution >= 0.6 is 0 Å². The van der Waals surface area contributed by atoms with Crippen LogP contribution in [0, 0.1) is 0 Å². The summed E-state index contributed by atoms with van der Waals surface area (Å²) < 4.78 is 11.7. The highest BCUT2D eigenvalue weighted by Gasteiger charge is 2.32. The predicted molar refractivity (Wildman–Crippen MR) is 149 cm³/mol. The Kier molecular flexibility index (Phi) is 9.65. The second-order valence-corrected chi connectivity index (χ2v) is 10.3. The second-order valence-electron chi connectivity index (χ2n) is 10.3. The van der Waals surface area contributed by atoms with Gasteiger partial charge in [0, 0.05) is 12.3 Å². The molecule has 0 saturated heterocycles. The molecule has 1 unspecified atom stereocenters. The van der Waals surface area contributed by atoms with E-state index < -0.39 is 5.97 Å². The monoisotopic (exact) mass is 500 g/mol. The molecular weight excluding hydrogens is 460 g/mol. The number of hydrogen-bond donors (Lipinski definition) is 1. The molecule has 4 rings (SSSR count). The molecule has 0 amide bonds. The number of benzene rings is 3. The molecule has 4 nitrogen and oxygen atoms in total. The number of carboxylic acid groups (broad SMARTS) is 1. The van der Waals surface area contributed by atoms with E-state index in [4.69, 9.17) is 14.6 Å². The van der Waals surface area contributed by atoms with Crippen LogP contribution in [0.5, 0.6) is 11.5 Å². The van der Waals surface area contributed by atoms with E-state index in [2.05, 4.69) is 79.7 Å². The highest BCUT2D eigenvalue weighted by atomic mass is 16.5. The molecule has 37 heavy (non-hydrogen) atoms. The molecule has 1 aliphatic carbocycles. The lowest BCUT2D eigenvalue weighted by atomic mass is 9.69. The lowest BCUT2D eigenvalue weighted by molar-refractivity contribution is -0.137. The van der Waals surface area contributed by atoms with Crippen molar-refractivity contribution in [2.45, 2.75) is 82.7 Å². The Hall–Kier alpha value is -3.27. The summed E-state index contributed by atoms with van der Waals surface area (Å²) >= 11 is 0. The first-order valence-corrected chi connectivity index (χ1v) is 13.8. The Morgan fingerprint density at radius 3 is 2.32 bits per heavy atom. The summed E-state index contributed by atoms with van der Waals surface area (Å²) in [4.78, 5) is 10.6. The van der Waals surface area contributed by atoms with Crippen LogP contribution in [0.2, 0.25) is 0 Å². The summed E-state index contributed by atoms with van der Waals surface area (Å²) in [6, 6.07) is 26.2. The second kappa shape index (κ2) is 13.3. The Balaban J connectivity index is 1.40. The van der Waals surface area contributed by atoms with E-state index in [0.717, 1.165) is 62.9 Å². The van der Waals surface area contributed by atoms with Gasteiger partial charge in [0.2, 0.25) is 0 Å². The maximum atomic E-state index is 10.6. The Morgan fingerprint density at radius 1 is 0.892 bits per heavy atom. The van der Waals surface area contributed by atoms with E-state index in [9.17, 15) is 4.79 Å². The standard InChI is InChI=1S/C33H40O4/c1-24(11-7-4-3-5-10-14-32(34)35)37-28-18-15-26(16-19-28)33-30(25-12-8-6-9-13-25)21-17-27-23-29(36-2)20-22-31(27)33/h6,8-9,12-13,15-16,18-20,22-24,30,33H,3-5,7,10-11,14,17,21H2,1-2H3,(H,34,35)/t24?,30-,33+/m1/s1. The van der Waals surface area contributed by atoms with Crippen molar-refractivity contribution in [3.63, 3.8) is 0 Å². The van der Waals surface area contributed by atoms with E-state index in [1.165, 1.54) is 22.3 Å². The first-order chi connectivity index (χ1) is 18.0. The molecule has 0 aliphatic heterocycles. The third-order valence-corrected chi connectivity index (χ3v) is 7.62. The Labute approximate surface area is 221 Å². The molecule has 1 aliphatic rings. The molecule has 0 bridgehead atoms. The molecule has 0 heterocycles. The lowest BCUT2D eigenvalue weighted by Gasteiger charge is -2.35. The quantitative estimate of drug-likeness (QED) is 0.241. The van der Waals surface area contributed by atoms with Gasteiger partial charge in [0.1, 0.15) is 11.5 Å². The van der Waals surface area contributed by atoms with Crippen LogP contribution in [0.1, 0.15) is 92.4 Å². The molecule has 196 valence electrons. The van der Waals surface area contributed by atoms with Gasteiger partial charge in [0.05, 0.1) is 13.2 Å². The fourth-order valence-corrected chi connectivity index (χ4v) is 5.68. The average molecular weight is 501 g/mol. The van der Waals surface area contributed by atoms with Gasteiger partial charge in [0.15, 0.2) is 0 Å². The van der Waals surface area contributed by atoms with Gasteiger partial charge in [-0.2, -0.15) is 0 Å². The van der Waals surface area contributed by atoms with Gasteiger partial charge in [-0.15, -0.1) is 0 Å². The number of fused-ring (bicyclic) bond motifs is 1. The van der Waals surface area contributed by atoms with Crippen LogP contribution in [0.3, 0.4) is 0 Å². The zero-order valence-electron chi connectivity index (χ0n) is 22.2. The summed E-state index contributed by atoms with van der Waals surface area (Å²) in [6.45, 7) is 2.13. The average Bonchev–Trinajstić information content (AvgIpc) is 2.92. The van der Waals surface area contributed by atoms with E-state index in [1.807, 2.05) is 0 Å². The van der Waals surface area contributed by atoms with E-state index in [0.29, 0.717) is 11.8 Å². The third kappa shape index (κ3) is 7.38. The number of unbranched alkanes of at least 4 members (excludes halogenated alkanes) is 4. The largest absolute Gasteiger partial charge is 0.497 e. The smallest absolute Gasteiger partial charge is 0.303 e. The maximum absolute atomic E-state index is 10.6. The molecular formula is C33H40O4. The SMILES string of the molecule is COc1ccc2c(c1)CC[C@H](c1ccccc1)[C@@H]2c1ccc(OC(C)CCCCCCCC(=O)O)cc1. The molecule has 3 atom stereocenters. The summed E-state index contributed by atoms with van der Waals surface area (Å²) in [7, 11) is 1.73. The molecule has 0 spiro atoms. The number of hydrogen-bond acceptors (Lipinski definition) is 3. The molecule has 0 radical (unpaired) electrons. The topological polar surface area (TPSA) is 55.8 Å². The number of aryl methyl sites for hydroxylation is 1. The molecule has 3 aromatic rings. The number of rotatable bonds is 13. The maximum Gasteiger partial charge on any atom is 0.303 e.